The van der Waals surface area contributed by atoms with Crippen LogP contribution in [0, 0.1) is 5.92 Å². The van der Waals surface area contributed by atoms with Crippen LogP contribution in [0.3, 0.4) is 0 Å². The van der Waals surface area contributed by atoms with Crippen molar-refractivity contribution in [2.45, 2.75) is 6.54 Å². The molecule has 2 heterocycles. The predicted molar refractivity (Wildman–Crippen MR) is 62.2 cm³/mol. The minimum Gasteiger partial charge on any atom is -0.396 e. The molecule has 0 spiro atoms. The molecule has 0 fully saturated rings. The van der Waals surface area contributed by atoms with Gasteiger partial charge in [-0.3, -0.25) is 0 Å². The Bertz CT molecular complexity index is 498. The second kappa shape index (κ2) is 5.07. The SMILES string of the molecule is COC[C@H](CO)Cn1cnc2c(N)ncnc21. The van der Waals surface area contributed by atoms with Crippen LogP contribution in [0.5, 0.6) is 0 Å². The lowest BCUT2D eigenvalue weighted by atomic mass is 10.2. The van der Waals surface area contributed by atoms with Crippen molar-refractivity contribution in [2.24, 2.45) is 5.92 Å². The average Bonchev–Trinajstić information content (AvgIpc) is 2.73. The van der Waals surface area contributed by atoms with Crippen LogP contribution in [-0.2, 0) is 11.3 Å². The van der Waals surface area contributed by atoms with Gasteiger partial charge in [-0.25, -0.2) is 15.0 Å². The number of anilines is 1. The molecule has 0 saturated carbocycles. The quantitative estimate of drug-likeness (QED) is 0.738. The van der Waals surface area contributed by atoms with Gasteiger partial charge in [0.25, 0.3) is 0 Å². The zero-order valence-corrected chi connectivity index (χ0v) is 9.58. The number of hydrogen-bond acceptors (Lipinski definition) is 6. The Labute approximate surface area is 98.3 Å². The minimum absolute atomic E-state index is 0.00795. The van der Waals surface area contributed by atoms with Gasteiger partial charge in [-0.2, -0.15) is 0 Å². The summed E-state index contributed by atoms with van der Waals surface area (Å²) in [4.78, 5) is 12.2. The van der Waals surface area contributed by atoms with Gasteiger partial charge in [0, 0.05) is 26.2 Å². The van der Waals surface area contributed by atoms with Crippen LogP contribution in [-0.4, -0.2) is 44.9 Å². The Hall–Kier alpha value is -1.73. The van der Waals surface area contributed by atoms with Crippen molar-refractivity contribution in [2.75, 3.05) is 26.1 Å². The number of fused-ring (bicyclic) bond motifs is 1. The highest BCUT2D eigenvalue weighted by atomic mass is 16.5. The molecule has 0 aliphatic rings. The number of rotatable bonds is 5. The predicted octanol–water partition coefficient (Wildman–Crippen LogP) is -0.337. The lowest BCUT2D eigenvalue weighted by molar-refractivity contribution is 0.101. The van der Waals surface area contributed by atoms with E-state index in [0.29, 0.717) is 30.1 Å². The number of ether oxygens (including phenoxy) is 1. The molecular formula is C10H15N5O2. The fourth-order valence-electron chi connectivity index (χ4n) is 1.71. The molecule has 2 aromatic rings. The first-order valence-corrected chi connectivity index (χ1v) is 5.27. The Morgan fingerprint density at radius 1 is 1.47 bits per heavy atom. The zero-order valence-electron chi connectivity index (χ0n) is 9.58. The van der Waals surface area contributed by atoms with Gasteiger partial charge >= 0.3 is 0 Å². The Morgan fingerprint density at radius 2 is 2.29 bits per heavy atom. The summed E-state index contributed by atoms with van der Waals surface area (Å²) in [5.41, 5.74) is 6.95. The highest BCUT2D eigenvalue weighted by molar-refractivity contribution is 5.81. The monoisotopic (exact) mass is 237 g/mol. The molecule has 0 unspecified atom stereocenters. The van der Waals surface area contributed by atoms with E-state index in [2.05, 4.69) is 15.0 Å². The summed E-state index contributed by atoms with van der Waals surface area (Å²) in [5, 5.41) is 9.21. The van der Waals surface area contributed by atoms with Crippen LogP contribution in [0.2, 0.25) is 0 Å². The molecule has 17 heavy (non-hydrogen) atoms. The van der Waals surface area contributed by atoms with E-state index in [0.717, 1.165) is 0 Å². The van der Waals surface area contributed by atoms with Gasteiger partial charge in [-0.05, 0) is 0 Å². The molecule has 0 aliphatic carbocycles. The highest BCUT2D eigenvalue weighted by Crippen LogP contribution is 2.15. The molecule has 0 amide bonds. The van der Waals surface area contributed by atoms with Gasteiger partial charge in [0.15, 0.2) is 11.5 Å². The molecule has 7 nitrogen and oxygen atoms in total. The first kappa shape index (κ1) is 11.7. The van der Waals surface area contributed by atoms with Crippen molar-refractivity contribution in [3.8, 4) is 0 Å². The van der Waals surface area contributed by atoms with Crippen molar-refractivity contribution >= 4 is 17.0 Å². The van der Waals surface area contributed by atoms with Gasteiger partial charge in [-0.15, -0.1) is 0 Å². The molecular weight excluding hydrogens is 222 g/mol. The van der Waals surface area contributed by atoms with Gasteiger partial charge in [-0.1, -0.05) is 0 Å². The molecule has 1 atom stereocenters. The second-order valence-corrected chi connectivity index (χ2v) is 3.83. The number of nitrogens with zero attached hydrogens (tertiary/aromatic N) is 4. The molecule has 0 aliphatic heterocycles. The summed E-state index contributed by atoms with van der Waals surface area (Å²) in [5.74, 6) is 0.370. The topological polar surface area (TPSA) is 99.1 Å². The number of aromatic nitrogens is 4. The summed E-state index contributed by atoms with van der Waals surface area (Å²) in [6.07, 6.45) is 3.05. The van der Waals surface area contributed by atoms with Crippen molar-refractivity contribution < 1.29 is 9.84 Å². The van der Waals surface area contributed by atoms with Crippen LogP contribution in [0.4, 0.5) is 5.82 Å². The molecule has 0 radical (unpaired) electrons. The van der Waals surface area contributed by atoms with Crippen molar-refractivity contribution in [1.29, 1.82) is 0 Å². The molecule has 0 aromatic carbocycles. The molecule has 0 bridgehead atoms. The third-order valence-electron chi connectivity index (χ3n) is 2.54. The molecule has 2 rings (SSSR count). The fourth-order valence-corrected chi connectivity index (χ4v) is 1.71. The van der Waals surface area contributed by atoms with E-state index in [1.165, 1.54) is 6.33 Å². The number of hydrogen-bond donors (Lipinski definition) is 2. The number of aliphatic hydroxyl groups is 1. The molecule has 7 heteroatoms. The number of aliphatic hydroxyl groups excluding tert-OH is 1. The maximum Gasteiger partial charge on any atom is 0.165 e. The van der Waals surface area contributed by atoms with Gasteiger partial charge in [0.1, 0.15) is 11.8 Å². The number of nitrogens with two attached hydrogens (primary N) is 1. The summed E-state index contributed by atoms with van der Waals surface area (Å²) < 4.78 is 6.87. The number of nitrogen functional groups attached to an aromatic ring is 1. The number of imidazole rings is 1. The maximum absolute atomic E-state index is 9.21. The summed E-state index contributed by atoms with van der Waals surface area (Å²) in [6.45, 7) is 1.11. The maximum atomic E-state index is 9.21. The first-order valence-electron chi connectivity index (χ1n) is 5.27. The van der Waals surface area contributed by atoms with E-state index in [1.54, 1.807) is 13.4 Å². The van der Waals surface area contributed by atoms with Crippen LogP contribution in [0.1, 0.15) is 0 Å². The summed E-state index contributed by atoms with van der Waals surface area (Å²) in [6, 6.07) is 0. The van der Waals surface area contributed by atoms with Gasteiger partial charge in [0.05, 0.1) is 12.9 Å². The summed E-state index contributed by atoms with van der Waals surface area (Å²) in [7, 11) is 1.61. The van der Waals surface area contributed by atoms with Crippen LogP contribution in [0.15, 0.2) is 12.7 Å². The third kappa shape index (κ3) is 2.34. The standard InChI is InChI=1S/C10H15N5O2/c1-17-4-7(3-16)2-15-6-14-8-9(11)12-5-13-10(8)15/h5-7,16H,2-4H2,1H3,(H2,11,12,13)/t7-/m0/s1. The molecule has 2 aromatic heterocycles. The fraction of sp³-hybridized carbons (Fsp3) is 0.500. The van der Waals surface area contributed by atoms with E-state index in [1.807, 2.05) is 4.57 Å². The van der Waals surface area contributed by atoms with E-state index < -0.39 is 0 Å². The van der Waals surface area contributed by atoms with E-state index in [9.17, 15) is 5.11 Å². The first-order chi connectivity index (χ1) is 8.26. The van der Waals surface area contributed by atoms with Crippen molar-refractivity contribution in [3.05, 3.63) is 12.7 Å². The lowest BCUT2D eigenvalue weighted by Crippen LogP contribution is -2.19. The van der Waals surface area contributed by atoms with E-state index >= 15 is 0 Å². The second-order valence-electron chi connectivity index (χ2n) is 3.83. The largest absolute Gasteiger partial charge is 0.396 e. The van der Waals surface area contributed by atoms with Gasteiger partial charge < -0.3 is 20.1 Å². The molecule has 0 saturated heterocycles. The van der Waals surface area contributed by atoms with Crippen LogP contribution < -0.4 is 5.73 Å². The van der Waals surface area contributed by atoms with Crippen LogP contribution >= 0.6 is 0 Å². The zero-order chi connectivity index (χ0) is 12.3. The highest BCUT2D eigenvalue weighted by Gasteiger charge is 2.12. The Balaban J connectivity index is 2.27. The van der Waals surface area contributed by atoms with Crippen molar-refractivity contribution in [1.82, 2.24) is 19.5 Å². The van der Waals surface area contributed by atoms with Crippen LogP contribution in [0.25, 0.3) is 11.2 Å². The normalized spacial score (nSPS) is 13.1. The minimum atomic E-state index is 0.00795. The molecule has 3 N–H and O–H groups in total. The summed E-state index contributed by atoms with van der Waals surface area (Å²) >= 11 is 0. The molecule has 92 valence electrons. The van der Waals surface area contributed by atoms with Gasteiger partial charge in [0.2, 0.25) is 0 Å². The number of methoxy groups -OCH3 is 1. The Morgan fingerprint density at radius 3 is 3.00 bits per heavy atom. The van der Waals surface area contributed by atoms with E-state index in [4.69, 9.17) is 10.5 Å². The smallest absolute Gasteiger partial charge is 0.165 e. The third-order valence-corrected chi connectivity index (χ3v) is 2.54. The van der Waals surface area contributed by atoms with Crippen molar-refractivity contribution in [3.63, 3.8) is 0 Å². The van der Waals surface area contributed by atoms with E-state index in [-0.39, 0.29) is 12.5 Å². The Kier molecular flexibility index (Phi) is 3.50. The average molecular weight is 237 g/mol. The lowest BCUT2D eigenvalue weighted by Gasteiger charge is -2.13.